The minimum absolute atomic E-state index is 0.0152. The van der Waals surface area contributed by atoms with Gasteiger partial charge in [-0.2, -0.15) is 0 Å². The average Bonchev–Trinajstić information content (AvgIpc) is 2.90. The Balaban J connectivity index is 3.56. The van der Waals surface area contributed by atoms with Crippen LogP contribution in [-0.2, 0) is 42.9 Å². The molecular formula is C26H48N4O10. The van der Waals surface area contributed by atoms with E-state index in [-0.39, 0.29) is 56.0 Å². The summed E-state index contributed by atoms with van der Waals surface area (Å²) in [5, 5.41) is 20.1. The van der Waals surface area contributed by atoms with Crippen molar-refractivity contribution in [2.45, 2.75) is 57.9 Å². The van der Waals surface area contributed by atoms with Gasteiger partial charge in [-0.1, -0.05) is 0 Å². The Morgan fingerprint density at radius 2 is 1.30 bits per heavy atom. The number of ether oxygens (including phenoxy) is 4. The van der Waals surface area contributed by atoms with Crippen LogP contribution in [0.1, 0.15) is 51.9 Å². The number of carbonyl (C=O) groups is 5. The molecule has 0 heterocycles. The highest BCUT2D eigenvalue weighted by atomic mass is 16.5. The van der Waals surface area contributed by atoms with Crippen LogP contribution in [0, 0.1) is 0 Å². The monoisotopic (exact) mass is 576 g/mol. The number of hydrogen-bond donors (Lipinski definition) is 5. The van der Waals surface area contributed by atoms with Gasteiger partial charge in [-0.05, 0) is 52.6 Å². The van der Waals surface area contributed by atoms with E-state index in [1.165, 1.54) is 6.92 Å². The van der Waals surface area contributed by atoms with Crippen LogP contribution in [0.4, 0.5) is 0 Å². The zero-order valence-electron chi connectivity index (χ0n) is 23.9. The average molecular weight is 577 g/mol. The van der Waals surface area contributed by atoms with Crippen LogP contribution in [-0.4, -0.2) is 120 Å². The molecule has 0 aliphatic heterocycles. The predicted molar refractivity (Wildman–Crippen MR) is 146 cm³/mol. The van der Waals surface area contributed by atoms with Crippen molar-refractivity contribution in [3.63, 3.8) is 0 Å². The second kappa shape index (κ2) is 26.6. The third-order valence-corrected chi connectivity index (χ3v) is 5.26. The van der Waals surface area contributed by atoms with Gasteiger partial charge in [0.25, 0.3) is 0 Å². The predicted octanol–water partition coefficient (Wildman–Crippen LogP) is -0.606. The van der Waals surface area contributed by atoms with Crippen molar-refractivity contribution in [2.24, 2.45) is 0 Å². The van der Waals surface area contributed by atoms with E-state index >= 15 is 0 Å². The molecule has 0 aromatic carbocycles. The first-order chi connectivity index (χ1) is 19.3. The lowest BCUT2D eigenvalue weighted by molar-refractivity contribution is -0.142. The fraction of sp³-hybridized carbons (Fsp3) is 0.808. The number of carboxylic acid groups (broad SMARTS) is 1. The fourth-order valence-electron chi connectivity index (χ4n) is 3.18. The quantitative estimate of drug-likeness (QED) is 0.0747. The molecule has 0 rings (SSSR count). The van der Waals surface area contributed by atoms with Gasteiger partial charge in [0.15, 0.2) is 5.78 Å². The largest absolute Gasteiger partial charge is 0.480 e. The van der Waals surface area contributed by atoms with Gasteiger partial charge >= 0.3 is 5.97 Å². The molecule has 232 valence electrons. The summed E-state index contributed by atoms with van der Waals surface area (Å²) in [6, 6.07) is -1.08. The summed E-state index contributed by atoms with van der Waals surface area (Å²) in [7, 11) is 1.77. The molecule has 0 radical (unpaired) electrons. The summed E-state index contributed by atoms with van der Waals surface area (Å²) in [6.07, 6.45) is 3.28. The number of hydrogen-bond acceptors (Lipinski definition) is 10. The molecule has 40 heavy (non-hydrogen) atoms. The Morgan fingerprint density at radius 1 is 0.650 bits per heavy atom. The van der Waals surface area contributed by atoms with Crippen molar-refractivity contribution in [1.82, 2.24) is 21.3 Å². The summed E-state index contributed by atoms with van der Waals surface area (Å²) in [4.78, 5) is 57.5. The van der Waals surface area contributed by atoms with Crippen LogP contribution in [0.25, 0.3) is 0 Å². The maximum Gasteiger partial charge on any atom is 0.326 e. The topological polar surface area (TPSA) is 191 Å². The number of nitrogens with one attached hydrogen (secondary N) is 4. The maximum absolute atomic E-state index is 12.0. The van der Waals surface area contributed by atoms with E-state index in [0.717, 1.165) is 19.3 Å². The second-order valence-corrected chi connectivity index (χ2v) is 9.00. The number of aliphatic carboxylic acids is 1. The number of rotatable bonds is 28. The van der Waals surface area contributed by atoms with Crippen LogP contribution in [0.15, 0.2) is 0 Å². The minimum Gasteiger partial charge on any atom is -0.480 e. The standard InChI is InChI=1S/C26H48N4O10/c1-21(31)19-39-17-16-38-14-12-29-25(34)20-40-18-15-37-13-5-3-4-11-28-23(32)9-8-22(26(35)36)30-24(33)7-6-10-27-2/h22,27H,3-20H2,1-2H3,(H,28,32)(H,29,34)(H,30,33)(H,35,36). The summed E-state index contributed by atoms with van der Waals surface area (Å²) in [5.41, 5.74) is 0. The first-order valence-electron chi connectivity index (χ1n) is 13.8. The fourth-order valence-corrected chi connectivity index (χ4v) is 3.18. The summed E-state index contributed by atoms with van der Waals surface area (Å²) in [5.74, 6) is -2.04. The van der Waals surface area contributed by atoms with Gasteiger partial charge in [0.2, 0.25) is 17.7 Å². The normalized spacial score (nSPS) is 11.6. The van der Waals surface area contributed by atoms with Gasteiger partial charge in [0, 0.05) is 32.5 Å². The Bertz CT molecular complexity index is 724. The molecule has 0 bridgehead atoms. The van der Waals surface area contributed by atoms with E-state index in [9.17, 15) is 29.1 Å². The molecule has 0 aromatic heterocycles. The summed E-state index contributed by atoms with van der Waals surface area (Å²) < 4.78 is 21.0. The van der Waals surface area contributed by atoms with Gasteiger partial charge in [-0.25, -0.2) is 4.79 Å². The van der Waals surface area contributed by atoms with Crippen molar-refractivity contribution in [2.75, 3.05) is 79.5 Å². The number of unbranched alkanes of at least 4 members (excludes halogenated alkanes) is 2. The second-order valence-electron chi connectivity index (χ2n) is 9.00. The van der Waals surface area contributed by atoms with E-state index in [4.69, 9.17) is 18.9 Å². The van der Waals surface area contributed by atoms with Crippen molar-refractivity contribution in [3.05, 3.63) is 0 Å². The number of amides is 3. The SMILES string of the molecule is CNCCCC(=O)NC(CCC(=O)NCCCCCOCCOCC(=O)NCCOCCOCC(C)=O)C(=O)O. The van der Waals surface area contributed by atoms with E-state index in [0.29, 0.717) is 65.7 Å². The van der Waals surface area contributed by atoms with Crippen molar-refractivity contribution in [1.29, 1.82) is 0 Å². The van der Waals surface area contributed by atoms with Gasteiger partial charge in [0.05, 0.1) is 33.0 Å². The highest BCUT2D eigenvalue weighted by Crippen LogP contribution is 2.01. The number of ketones is 1. The molecule has 14 nitrogen and oxygen atoms in total. The van der Waals surface area contributed by atoms with E-state index < -0.39 is 12.0 Å². The molecule has 0 spiro atoms. The molecule has 0 aliphatic rings. The zero-order chi connectivity index (χ0) is 29.8. The lowest BCUT2D eigenvalue weighted by Crippen LogP contribution is -2.41. The molecule has 0 fully saturated rings. The maximum atomic E-state index is 12.0. The van der Waals surface area contributed by atoms with E-state index in [1.807, 2.05) is 0 Å². The van der Waals surface area contributed by atoms with Crippen molar-refractivity contribution >= 4 is 29.5 Å². The minimum atomic E-state index is -1.16. The van der Waals surface area contributed by atoms with Crippen LogP contribution in [0.5, 0.6) is 0 Å². The Hall–Kier alpha value is -2.65. The van der Waals surface area contributed by atoms with Crippen molar-refractivity contribution in [3.8, 4) is 0 Å². The van der Waals surface area contributed by atoms with Gasteiger partial charge in [-0.3, -0.25) is 19.2 Å². The van der Waals surface area contributed by atoms with Gasteiger partial charge < -0.3 is 45.3 Å². The first kappa shape index (κ1) is 37.4. The Morgan fingerprint density at radius 3 is 1.98 bits per heavy atom. The van der Waals surface area contributed by atoms with Crippen molar-refractivity contribution < 1.29 is 48.0 Å². The zero-order valence-corrected chi connectivity index (χ0v) is 23.9. The molecule has 5 N–H and O–H groups in total. The lowest BCUT2D eigenvalue weighted by atomic mass is 10.1. The lowest BCUT2D eigenvalue weighted by Gasteiger charge is -2.14. The van der Waals surface area contributed by atoms with Gasteiger partial charge in [0.1, 0.15) is 19.3 Å². The first-order valence-corrected chi connectivity index (χ1v) is 13.8. The number of carbonyl (C=O) groups excluding carboxylic acids is 4. The van der Waals surface area contributed by atoms with Gasteiger partial charge in [-0.15, -0.1) is 0 Å². The number of Topliss-reactive ketones (excluding diaryl/α,β-unsaturated/α-hetero) is 1. The third-order valence-electron chi connectivity index (χ3n) is 5.26. The molecule has 3 amide bonds. The Labute approximate surface area is 236 Å². The molecule has 0 aromatic rings. The molecule has 14 heteroatoms. The smallest absolute Gasteiger partial charge is 0.326 e. The molecule has 0 aliphatic carbocycles. The highest BCUT2D eigenvalue weighted by molar-refractivity contribution is 5.84. The number of carboxylic acids is 1. The van der Waals surface area contributed by atoms with Crippen LogP contribution >= 0.6 is 0 Å². The van der Waals surface area contributed by atoms with E-state index in [1.54, 1.807) is 7.05 Å². The third kappa shape index (κ3) is 25.6. The molecule has 0 saturated heterocycles. The molecule has 1 unspecified atom stereocenters. The summed E-state index contributed by atoms with van der Waals surface area (Å²) in [6.45, 7) is 5.14. The van der Waals surface area contributed by atoms with Crippen LogP contribution in [0.2, 0.25) is 0 Å². The Kier molecular flexibility index (Phi) is 24.8. The molecule has 0 saturated carbocycles. The molecular weight excluding hydrogens is 528 g/mol. The highest BCUT2D eigenvalue weighted by Gasteiger charge is 2.20. The van der Waals surface area contributed by atoms with Crippen LogP contribution < -0.4 is 21.3 Å². The summed E-state index contributed by atoms with van der Waals surface area (Å²) >= 11 is 0. The molecule has 1 atom stereocenters. The van der Waals surface area contributed by atoms with E-state index in [2.05, 4.69) is 21.3 Å². The van der Waals surface area contributed by atoms with Crippen LogP contribution in [0.3, 0.4) is 0 Å².